The van der Waals surface area contributed by atoms with Crippen LogP contribution in [-0.2, 0) is 4.74 Å². The van der Waals surface area contributed by atoms with Crippen molar-refractivity contribution in [2.75, 3.05) is 11.9 Å². The molecule has 0 radical (unpaired) electrons. The molecule has 32 heavy (non-hydrogen) atoms. The number of nitriles is 1. The summed E-state index contributed by atoms with van der Waals surface area (Å²) in [5, 5.41) is 15.6. The summed E-state index contributed by atoms with van der Waals surface area (Å²) in [5.74, 6) is -0.780. The number of carbonyl (C=O) groups excluding carboxylic acids is 2. The third-order valence-electron chi connectivity index (χ3n) is 4.22. The van der Waals surface area contributed by atoms with Crippen LogP contribution in [0.25, 0.3) is 11.3 Å². The van der Waals surface area contributed by atoms with E-state index in [4.69, 9.17) is 44.6 Å². The van der Waals surface area contributed by atoms with Gasteiger partial charge in [0.1, 0.15) is 21.7 Å². The van der Waals surface area contributed by atoms with E-state index in [1.807, 2.05) is 6.07 Å². The molecule has 2 heterocycles. The van der Waals surface area contributed by atoms with Crippen LogP contribution in [-0.4, -0.2) is 23.6 Å². The molecule has 2 N–H and O–H groups in total. The number of furan rings is 1. The molecular weight excluding hydrogens is 493 g/mol. The monoisotopic (exact) mass is 507 g/mol. The molecular formula is C21H15Cl2N3O4S2. The van der Waals surface area contributed by atoms with Gasteiger partial charge >= 0.3 is 5.97 Å². The Hall–Kier alpha value is -2.90. The topological polar surface area (TPSA) is 104 Å². The molecule has 0 aliphatic carbocycles. The molecule has 0 saturated carbocycles. The standard InChI is InChI=1S/C21H15Cl2N3O4S2/c1-3-29-20(28)17-10(2)12(9-24)19(32-17)26-21(31)25-18(27)15-8-7-14(30-15)11-5-4-6-13(22)16(11)23/h4-8H,3H2,1-2H3,(H2,25,26,27,31). The van der Waals surface area contributed by atoms with E-state index in [1.165, 1.54) is 6.07 Å². The fourth-order valence-electron chi connectivity index (χ4n) is 2.73. The lowest BCUT2D eigenvalue weighted by Crippen LogP contribution is -2.33. The Balaban J connectivity index is 1.74. The minimum Gasteiger partial charge on any atom is -0.462 e. The van der Waals surface area contributed by atoms with Crippen LogP contribution in [0.1, 0.15) is 38.3 Å². The molecule has 0 aliphatic heterocycles. The number of anilines is 1. The molecule has 1 amide bonds. The summed E-state index contributed by atoms with van der Waals surface area (Å²) >= 11 is 18.4. The van der Waals surface area contributed by atoms with Crippen molar-refractivity contribution >= 4 is 68.7 Å². The molecule has 0 fully saturated rings. The van der Waals surface area contributed by atoms with E-state index >= 15 is 0 Å². The number of thiocarbonyl (C=S) groups is 1. The quantitative estimate of drug-likeness (QED) is 0.332. The van der Waals surface area contributed by atoms with Crippen molar-refractivity contribution in [3.05, 3.63) is 62.1 Å². The Morgan fingerprint density at radius 1 is 1.28 bits per heavy atom. The van der Waals surface area contributed by atoms with E-state index in [-0.39, 0.29) is 27.9 Å². The van der Waals surface area contributed by atoms with Gasteiger partial charge < -0.3 is 14.5 Å². The van der Waals surface area contributed by atoms with Gasteiger partial charge in [0.15, 0.2) is 10.9 Å². The first-order valence-electron chi connectivity index (χ1n) is 9.14. The fourth-order valence-corrected chi connectivity index (χ4v) is 4.43. The predicted octanol–water partition coefficient (Wildman–Crippen LogP) is 5.80. The number of thiophene rings is 1. The highest BCUT2D eigenvalue weighted by Crippen LogP contribution is 2.35. The Morgan fingerprint density at radius 2 is 2.03 bits per heavy atom. The molecule has 0 aliphatic rings. The van der Waals surface area contributed by atoms with Gasteiger partial charge in [-0.15, -0.1) is 11.3 Å². The number of hydrogen-bond acceptors (Lipinski definition) is 7. The van der Waals surface area contributed by atoms with Crippen LogP contribution in [0, 0.1) is 18.3 Å². The lowest BCUT2D eigenvalue weighted by Gasteiger charge is -2.07. The maximum atomic E-state index is 12.5. The first-order chi connectivity index (χ1) is 15.3. The molecule has 3 rings (SSSR count). The normalized spacial score (nSPS) is 10.3. The van der Waals surface area contributed by atoms with Crippen molar-refractivity contribution in [2.24, 2.45) is 0 Å². The number of rotatable bonds is 5. The number of ether oxygens (including phenoxy) is 1. The van der Waals surface area contributed by atoms with Crippen molar-refractivity contribution in [3.63, 3.8) is 0 Å². The van der Waals surface area contributed by atoms with Gasteiger partial charge in [-0.1, -0.05) is 29.3 Å². The highest BCUT2D eigenvalue weighted by atomic mass is 35.5. The third kappa shape index (κ3) is 4.95. The van der Waals surface area contributed by atoms with E-state index in [2.05, 4.69) is 10.6 Å². The maximum absolute atomic E-state index is 12.5. The van der Waals surface area contributed by atoms with Crippen LogP contribution >= 0.6 is 46.8 Å². The molecule has 0 atom stereocenters. The molecule has 2 aromatic heterocycles. The van der Waals surface area contributed by atoms with Crippen molar-refractivity contribution in [2.45, 2.75) is 13.8 Å². The van der Waals surface area contributed by atoms with Crippen molar-refractivity contribution < 1.29 is 18.7 Å². The Labute approximate surface area is 202 Å². The van der Waals surface area contributed by atoms with E-state index < -0.39 is 11.9 Å². The van der Waals surface area contributed by atoms with Gasteiger partial charge in [-0.3, -0.25) is 10.1 Å². The Kier molecular flexibility index (Phi) is 7.53. The number of hydrogen-bond donors (Lipinski definition) is 2. The van der Waals surface area contributed by atoms with E-state index in [0.29, 0.717) is 31.9 Å². The van der Waals surface area contributed by atoms with Gasteiger partial charge in [-0.25, -0.2) is 4.79 Å². The summed E-state index contributed by atoms with van der Waals surface area (Å²) in [6, 6.07) is 10.2. The molecule has 3 aromatic rings. The van der Waals surface area contributed by atoms with Crippen LogP contribution in [0.3, 0.4) is 0 Å². The van der Waals surface area contributed by atoms with Crippen LogP contribution in [0.4, 0.5) is 5.00 Å². The number of carbonyl (C=O) groups is 2. The molecule has 7 nitrogen and oxygen atoms in total. The number of halogens is 2. The van der Waals surface area contributed by atoms with Crippen LogP contribution in [0.5, 0.6) is 0 Å². The summed E-state index contributed by atoms with van der Waals surface area (Å²) in [7, 11) is 0. The summed E-state index contributed by atoms with van der Waals surface area (Å²) < 4.78 is 10.6. The number of benzene rings is 1. The number of esters is 1. The first kappa shape index (κ1) is 23.8. The van der Waals surface area contributed by atoms with Gasteiger partial charge in [0.2, 0.25) is 0 Å². The summed E-state index contributed by atoms with van der Waals surface area (Å²) in [6.45, 7) is 3.54. The molecule has 0 spiro atoms. The number of nitrogens with zero attached hydrogens (tertiary/aromatic N) is 1. The van der Waals surface area contributed by atoms with Crippen molar-refractivity contribution in [3.8, 4) is 17.4 Å². The zero-order valence-corrected chi connectivity index (χ0v) is 19.9. The fraction of sp³-hybridized carbons (Fsp3) is 0.143. The second kappa shape index (κ2) is 10.1. The largest absolute Gasteiger partial charge is 0.462 e. The van der Waals surface area contributed by atoms with Crippen LogP contribution in [0.2, 0.25) is 10.0 Å². The molecule has 0 bridgehead atoms. The zero-order chi connectivity index (χ0) is 23.4. The highest BCUT2D eigenvalue weighted by Gasteiger charge is 2.22. The minimum absolute atomic E-state index is 0.00438. The Bertz CT molecular complexity index is 1260. The molecule has 0 saturated heterocycles. The highest BCUT2D eigenvalue weighted by molar-refractivity contribution is 7.80. The minimum atomic E-state index is -0.607. The van der Waals surface area contributed by atoms with Crippen LogP contribution in [0.15, 0.2) is 34.7 Å². The lowest BCUT2D eigenvalue weighted by molar-refractivity contribution is 0.0531. The summed E-state index contributed by atoms with van der Waals surface area (Å²) in [4.78, 5) is 24.9. The first-order valence-corrected chi connectivity index (χ1v) is 11.1. The zero-order valence-electron chi connectivity index (χ0n) is 16.7. The van der Waals surface area contributed by atoms with Gasteiger partial charge in [0.05, 0.1) is 22.2 Å². The number of nitrogens with one attached hydrogen (secondary N) is 2. The van der Waals surface area contributed by atoms with Gasteiger partial charge in [0, 0.05) is 5.56 Å². The summed E-state index contributed by atoms with van der Waals surface area (Å²) in [5.41, 5.74) is 1.25. The second-order valence-electron chi connectivity index (χ2n) is 6.27. The molecule has 0 unspecified atom stereocenters. The van der Waals surface area contributed by atoms with E-state index in [9.17, 15) is 14.9 Å². The third-order valence-corrected chi connectivity index (χ3v) is 6.43. The smallest absolute Gasteiger partial charge is 0.348 e. The molecule has 164 valence electrons. The average Bonchev–Trinajstić information content (AvgIpc) is 3.35. The van der Waals surface area contributed by atoms with Gasteiger partial charge in [-0.05, 0) is 55.9 Å². The predicted molar refractivity (Wildman–Crippen MR) is 128 cm³/mol. The summed E-state index contributed by atoms with van der Waals surface area (Å²) in [6.07, 6.45) is 0. The van der Waals surface area contributed by atoms with Crippen LogP contribution < -0.4 is 10.6 Å². The molecule has 1 aromatic carbocycles. The SMILES string of the molecule is CCOC(=O)c1sc(NC(=S)NC(=O)c2ccc(-c3cccc(Cl)c3Cl)o2)c(C#N)c1C. The Morgan fingerprint density at radius 3 is 2.72 bits per heavy atom. The molecule has 11 heteroatoms. The van der Waals surface area contributed by atoms with Gasteiger partial charge in [0.25, 0.3) is 5.91 Å². The van der Waals surface area contributed by atoms with E-state index in [1.54, 1.807) is 38.1 Å². The van der Waals surface area contributed by atoms with E-state index in [0.717, 1.165) is 11.3 Å². The van der Waals surface area contributed by atoms with Crippen molar-refractivity contribution in [1.29, 1.82) is 5.26 Å². The van der Waals surface area contributed by atoms with Gasteiger partial charge in [-0.2, -0.15) is 5.26 Å². The van der Waals surface area contributed by atoms with Crippen molar-refractivity contribution in [1.82, 2.24) is 5.32 Å². The lowest BCUT2D eigenvalue weighted by atomic mass is 10.2. The maximum Gasteiger partial charge on any atom is 0.348 e. The average molecular weight is 508 g/mol. The number of amides is 1. The second-order valence-corrected chi connectivity index (χ2v) is 8.48.